The number of benzene rings is 2. The number of carbonyl (C=O) groups is 2. The van der Waals surface area contributed by atoms with Gasteiger partial charge in [0.1, 0.15) is 16.9 Å². The molecular formula is C28H30Cl2FN3O3. The van der Waals surface area contributed by atoms with E-state index in [-0.39, 0.29) is 39.2 Å². The number of anilines is 1. The molecule has 5 rings (SSSR count). The Morgan fingerprint density at radius 1 is 1.22 bits per heavy atom. The first-order chi connectivity index (χ1) is 17.2. The van der Waals surface area contributed by atoms with Crippen LogP contribution in [-0.4, -0.2) is 34.6 Å². The Morgan fingerprint density at radius 2 is 1.92 bits per heavy atom. The number of aliphatic hydroxyl groups is 1. The summed E-state index contributed by atoms with van der Waals surface area (Å²) in [5.41, 5.74) is -0.893. The molecule has 3 aliphatic rings. The van der Waals surface area contributed by atoms with Crippen LogP contribution in [0.4, 0.5) is 10.1 Å². The number of hydrogen-bond acceptors (Lipinski definition) is 4. The molecule has 0 bridgehead atoms. The Labute approximate surface area is 225 Å². The van der Waals surface area contributed by atoms with Crippen LogP contribution in [0.1, 0.15) is 58.1 Å². The van der Waals surface area contributed by atoms with Gasteiger partial charge in [-0.05, 0) is 55.4 Å². The summed E-state index contributed by atoms with van der Waals surface area (Å²) in [6.07, 6.45) is 1.32. The molecule has 2 atom stereocenters. The van der Waals surface area contributed by atoms with Gasteiger partial charge in [-0.25, -0.2) is 4.39 Å². The lowest BCUT2D eigenvalue weighted by atomic mass is 9.66. The quantitative estimate of drug-likeness (QED) is 0.426. The standard InChI is InChI=1S/C28H30Cl2FN3O3/c1-26(2,3)13-20-28(17-9-8-14(29)10-19(17)33-25(28)36)21(16-6-5-7-18(30)22(16)31)23(34-20)24(35)32-15-11-27(4,37)12-15/h5-10,15,20,34,37H,11-13H2,1-4H3,(H,32,35)(H,33,36)/t15?,20-,27?,28+/m1/s1. The fourth-order valence-corrected chi connectivity index (χ4v) is 6.37. The summed E-state index contributed by atoms with van der Waals surface area (Å²) < 4.78 is 15.7. The molecule has 2 aliphatic heterocycles. The van der Waals surface area contributed by atoms with E-state index in [4.69, 9.17) is 23.2 Å². The molecule has 6 nitrogen and oxygen atoms in total. The lowest BCUT2D eigenvalue weighted by molar-refractivity contribution is -0.122. The number of carbonyl (C=O) groups excluding carboxylic acids is 2. The molecule has 1 saturated carbocycles. The zero-order valence-electron chi connectivity index (χ0n) is 21.1. The van der Waals surface area contributed by atoms with Crippen LogP contribution in [0.25, 0.3) is 5.57 Å². The van der Waals surface area contributed by atoms with E-state index >= 15 is 4.39 Å². The first-order valence-corrected chi connectivity index (χ1v) is 13.1. The minimum absolute atomic E-state index is 0.0834. The Kier molecular flexibility index (Phi) is 6.13. The van der Waals surface area contributed by atoms with E-state index in [0.29, 0.717) is 35.5 Å². The second-order valence-corrected chi connectivity index (χ2v) is 12.7. The number of hydrogen-bond donors (Lipinski definition) is 4. The lowest BCUT2D eigenvalue weighted by Gasteiger charge is -2.41. The number of nitrogens with one attached hydrogen (secondary N) is 3. The predicted octanol–water partition coefficient (Wildman–Crippen LogP) is 5.17. The van der Waals surface area contributed by atoms with Crippen molar-refractivity contribution < 1.29 is 19.1 Å². The molecule has 9 heteroatoms. The van der Waals surface area contributed by atoms with Crippen LogP contribution in [0.5, 0.6) is 0 Å². The first kappa shape index (κ1) is 26.0. The van der Waals surface area contributed by atoms with Gasteiger partial charge in [0.2, 0.25) is 5.91 Å². The van der Waals surface area contributed by atoms with E-state index in [0.717, 1.165) is 0 Å². The molecule has 0 unspecified atom stereocenters. The van der Waals surface area contributed by atoms with Crippen molar-refractivity contribution in [3.8, 4) is 0 Å². The van der Waals surface area contributed by atoms with E-state index in [9.17, 15) is 14.7 Å². The summed E-state index contributed by atoms with van der Waals surface area (Å²) in [6, 6.07) is 8.90. The number of halogens is 3. The highest BCUT2D eigenvalue weighted by Gasteiger charge is 2.61. The third-order valence-electron chi connectivity index (χ3n) is 7.47. The molecule has 0 saturated heterocycles. The maximum atomic E-state index is 15.7. The fraction of sp³-hybridized carbons (Fsp3) is 0.429. The van der Waals surface area contributed by atoms with E-state index in [2.05, 4.69) is 16.0 Å². The molecule has 2 aromatic rings. The van der Waals surface area contributed by atoms with Crippen molar-refractivity contribution in [3.05, 3.63) is 69.1 Å². The van der Waals surface area contributed by atoms with Crippen LogP contribution < -0.4 is 16.0 Å². The summed E-state index contributed by atoms with van der Waals surface area (Å²) in [4.78, 5) is 27.8. The largest absolute Gasteiger partial charge is 0.390 e. The van der Waals surface area contributed by atoms with Gasteiger partial charge in [-0.3, -0.25) is 9.59 Å². The van der Waals surface area contributed by atoms with Crippen LogP contribution >= 0.6 is 23.2 Å². The van der Waals surface area contributed by atoms with Crippen LogP contribution in [-0.2, 0) is 15.0 Å². The minimum Gasteiger partial charge on any atom is -0.390 e. The molecule has 37 heavy (non-hydrogen) atoms. The number of rotatable bonds is 4. The topological polar surface area (TPSA) is 90.5 Å². The van der Waals surface area contributed by atoms with Gasteiger partial charge in [0.05, 0.1) is 10.6 Å². The molecule has 2 aromatic carbocycles. The SMILES string of the molecule is CC(C)(C)C[C@H]1NC(C(=O)NC2CC(C)(O)C2)=C(c2cccc(Cl)c2F)[C@@]12C(=O)Nc1cc(Cl)ccc12. The lowest BCUT2D eigenvalue weighted by Crippen LogP contribution is -2.54. The van der Waals surface area contributed by atoms with Gasteiger partial charge < -0.3 is 21.1 Å². The molecular weight excluding hydrogens is 516 g/mol. The highest BCUT2D eigenvalue weighted by Crippen LogP contribution is 2.56. The maximum absolute atomic E-state index is 15.7. The second-order valence-electron chi connectivity index (χ2n) is 11.8. The molecule has 0 radical (unpaired) electrons. The molecule has 1 aliphatic carbocycles. The van der Waals surface area contributed by atoms with E-state index in [1.54, 1.807) is 37.3 Å². The molecule has 0 aromatic heterocycles. The van der Waals surface area contributed by atoms with Gasteiger partial charge in [0.15, 0.2) is 0 Å². The average Bonchev–Trinajstić information content (AvgIpc) is 3.23. The molecule has 1 spiro atoms. The van der Waals surface area contributed by atoms with Gasteiger partial charge in [-0.15, -0.1) is 0 Å². The third-order valence-corrected chi connectivity index (χ3v) is 8.00. The number of fused-ring (bicyclic) bond motifs is 2. The Bertz CT molecular complexity index is 1340. The maximum Gasteiger partial charge on any atom is 0.267 e. The van der Waals surface area contributed by atoms with Crippen molar-refractivity contribution in [1.82, 2.24) is 10.6 Å². The van der Waals surface area contributed by atoms with Gasteiger partial charge >= 0.3 is 0 Å². The zero-order valence-corrected chi connectivity index (χ0v) is 22.6. The van der Waals surface area contributed by atoms with Crippen molar-refractivity contribution in [1.29, 1.82) is 0 Å². The van der Waals surface area contributed by atoms with Crippen molar-refractivity contribution >= 4 is 46.3 Å². The molecule has 196 valence electrons. The highest BCUT2D eigenvalue weighted by atomic mass is 35.5. The smallest absolute Gasteiger partial charge is 0.267 e. The Balaban J connectivity index is 1.75. The first-order valence-electron chi connectivity index (χ1n) is 12.3. The van der Waals surface area contributed by atoms with Crippen LogP contribution in [0.3, 0.4) is 0 Å². The van der Waals surface area contributed by atoms with Gasteiger partial charge in [-0.2, -0.15) is 0 Å². The van der Waals surface area contributed by atoms with Crippen molar-refractivity contribution in [2.24, 2.45) is 5.41 Å². The van der Waals surface area contributed by atoms with Crippen LogP contribution in [0.2, 0.25) is 10.0 Å². The summed E-state index contributed by atoms with van der Waals surface area (Å²) in [6.45, 7) is 7.86. The summed E-state index contributed by atoms with van der Waals surface area (Å²) in [5.74, 6) is -1.53. The molecule has 4 N–H and O–H groups in total. The van der Waals surface area contributed by atoms with E-state index in [1.165, 1.54) is 6.07 Å². The Morgan fingerprint density at radius 3 is 2.57 bits per heavy atom. The highest BCUT2D eigenvalue weighted by molar-refractivity contribution is 6.32. The summed E-state index contributed by atoms with van der Waals surface area (Å²) in [7, 11) is 0. The van der Waals surface area contributed by atoms with Crippen molar-refractivity contribution in [2.75, 3.05) is 5.32 Å². The third kappa shape index (κ3) is 4.31. The van der Waals surface area contributed by atoms with Crippen LogP contribution in [0, 0.1) is 11.2 Å². The Hall–Kier alpha value is -2.61. The van der Waals surface area contributed by atoms with E-state index < -0.39 is 28.8 Å². The van der Waals surface area contributed by atoms with Crippen molar-refractivity contribution in [3.63, 3.8) is 0 Å². The molecule has 2 amide bonds. The van der Waals surface area contributed by atoms with E-state index in [1.807, 2.05) is 20.8 Å². The number of amides is 2. The zero-order chi connectivity index (χ0) is 26.9. The second kappa shape index (κ2) is 8.72. The molecule has 2 heterocycles. The van der Waals surface area contributed by atoms with Gasteiger partial charge in [0, 0.05) is 33.9 Å². The average molecular weight is 546 g/mol. The summed E-state index contributed by atoms with van der Waals surface area (Å²) >= 11 is 12.4. The minimum atomic E-state index is -1.41. The van der Waals surface area contributed by atoms with Gasteiger partial charge in [0.25, 0.3) is 5.91 Å². The molecule has 1 fully saturated rings. The monoisotopic (exact) mass is 545 g/mol. The van der Waals surface area contributed by atoms with Crippen LogP contribution in [0.15, 0.2) is 42.1 Å². The predicted molar refractivity (Wildman–Crippen MR) is 143 cm³/mol. The van der Waals surface area contributed by atoms with Gasteiger partial charge in [-0.1, -0.05) is 62.2 Å². The van der Waals surface area contributed by atoms with Crippen molar-refractivity contribution in [2.45, 2.75) is 70.1 Å². The summed E-state index contributed by atoms with van der Waals surface area (Å²) in [5, 5.41) is 19.7. The normalized spacial score (nSPS) is 28.6. The fourth-order valence-electron chi connectivity index (χ4n) is 6.03.